The number of aliphatic hydroxyl groups excluding tert-OH is 1. The van der Waals surface area contributed by atoms with Crippen LogP contribution < -0.4 is 21.7 Å². The molecule has 4 atom stereocenters. The molecule has 1 aromatic carbocycles. The van der Waals surface area contributed by atoms with E-state index in [4.69, 9.17) is 10.8 Å². The highest BCUT2D eigenvalue weighted by Crippen LogP contribution is 2.12. The van der Waals surface area contributed by atoms with Crippen LogP contribution in [0.25, 0.3) is 0 Å². The van der Waals surface area contributed by atoms with Crippen molar-refractivity contribution in [2.45, 2.75) is 50.4 Å². The van der Waals surface area contributed by atoms with Crippen molar-refractivity contribution in [1.82, 2.24) is 16.0 Å². The van der Waals surface area contributed by atoms with E-state index in [1.165, 1.54) is 31.2 Å². The fourth-order valence-electron chi connectivity index (χ4n) is 2.78. The lowest BCUT2D eigenvalue weighted by Gasteiger charge is -2.26. The van der Waals surface area contributed by atoms with E-state index in [2.05, 4.69) is 16.0 Å². The van der Waals surface area contributed by atoms with Crippen molar-refractivity contribution in [3.05, 3.63) is 29.8 Å². The zero-order valence-electron chi connectivity index (χ0n) is 17.9. The molecule has 0 radical (unpaired) electrons. The average molecular weight is 468 g/mol. The number of carboxylic acids is 2. The molecule has 0 aliphatic carbocycles. The maximum atomic E-state index is 12.8. The molecule has 0 aliphatic heterocycles. The Morgan fingerprint density at radius 2 is 1.55 bits per heavy atom. The molecular weight excluding hydrogens is 440 g/mol. The molecule has 1 rings (SSSR count). The number of aliphatic hydroxyl groups is 1. The first kappa shape index (κ1) is 27.3. The molecule has 182 valence electrons. The lowest BCUT2D eigenvalue weighted by atomic mass is 10.0. The topological polar surface area (TPSA) is 228 Å². The molecule has 1 aromatic rings. The van der Waals surface area contributed by atoms with E-state index < -0.39 is 73.3 Å². The summed E-state index contributed by atoms with van der Waals surface area (Å²) in [7, 11) is 0. The predicted octanol–water partition coefficient (Wildman–Crippen LogP) is -2.32. The number of carbonyl (C=O) groups is 5. The highest BCUT2D eigenvalue weighted by molar-refractivity contribution is 5.94. The van der Waals surface area contributed by atoms with Gasteiger partial charge in [-0.15, -0.1) is 0 Å². The second-order valence-electron chi connectivity index (χ2n) is 7.25. The van der Waals surface area contributed by atoms with E-state index in [0.29, 0.717) is 5.56 Å². The summed E-state index contributed by atoms with van der Waals surface area (Å²) in [4.78, 5) is 59.2. The van der Waals surface area contributed by atoms with E-state index in [0.717, 1.165) is 0 Å². The zero-order chi connectivity index (χ0) is 25.1. The lowest BCUT2D eigenvalue weighted by Crippen LogP contribution is -2.59. The van der Waals surface area contributed by atoms with E-state index in [1.807, 2.05) is 0 Å². The van der Waals surface area contributed by atoms with Crippen molar-refractivity contribution in [3.8, 4) is 5.75 Å². The number of amides is 3. The van der Waals surface area contributed by atoms with Gasteiger partial charge in [0.15, 0.2) is 0 Å². The molecule has 13 heteroatoms. The summed E-state index contributed by atoms with van der Waals surface area (Å²) >= 11 is 0. The molecule has 0 spiro atoms. The maximum Gasteiger partial charge on any atom is 0.326 e. The van der Waals surface area contributed by atoms with Crippen molar-refractivity contribution >= 4 is 29.7 Å². The minimum Gasteiger partial charge on any atom is -0.508 e. The van der Waals surface area contributed by atoms with Gasteiger partial charge in [-0.3, -0.25) is 19.2 Å². The first-order chi connectivity index (χ1) is 15.4. The zero-order valence-corrected chi connectivity index (χ0v) is 17.9. The molecule has 0 saturated carbocycles. The van der Waals surface area contributed by atoms with Crippen LogP contribution in [0.3, 0.4) is 0 Å². The molecule has 13 nitrogen and oxygen atoms in total. The van der Waals surface area contributed by atoms with Gasteiger partial charge in [0.2, 0.25) is 17.7 Å². The molecular formula is C20H28N4O9. The van der Waals surface area contributed by atoms with Crippen LogP contribution in [-0.4, -0.2) is 80.9 Å². The van der Waals surface area contributed by atoms with Gasteiger partial charge < -0.3 is 42.1 Å². The second kappa shape index (κ2) is 13.0. The third-order valence-electron chi connectivity index (χ3n) is 4.54. The van der Waals surface area contributed by atoms with Crippen molar-refractivity contribution < 1.29 is 44.4 Å². The number of phenols is 1. The first-order valence-corrected chi connectivity index (χ1v) is 9.95. The summed E-state index contributed by atoms with van der Waals surface area (Å²) in [6, 6.07) is 1.43. The van der Waals surface area contributed by atoms with Crippen molar-refractivity contribution in [1.29, 1.82) is 0 Å². The number of aliphatic carboxylic acids is 2. The number of hydrogen-bond donors (Lipinski definition) is 8. The van der Waals surface area contributed by atoms with Crippen LogP contribution in [0, 0.1) is 0 Å². The summed E-state index contributed by atoms with van der Waals surface area (Å²) in [5.41, 5.74) is 5.84. The number of aromatic hydroxyl groups is 1. The number of benzene rings is 1. The number of nitrogens with two attached hydrogens (primary N) is 1. The van der Waals surface area contributed by atoms with E-state index in [9.17, 15) is 39.3 Å². The normalized spacial score (nSPS) is 14.3. The van der Waals surface area contributed by atoms with Crippen LogP contribution in [0.1, 0.15) is 25.3 Å². The number of carbonyl (C=O) groups excluding carboxylic acids is 3. The standard InChI is InChI=1S/C20H28N4O9/c1-10(25)17(19(31)23-13(20(32)33)6-7-16(28)29)24-18(30)14(22-15(27)9-21)8-11-2-4-12(26)5-3-11/h2-5,10,13-14,17,25-26H,6-9,21H2,1H3,(H,22,27)(H,23,31)(H,24,30)(H,28,29)(H,32,33). The van der Waals surface area contributed by atoms with Crippen LogP contribution in [0.5, 0.6) is 5.75 Å². The summed E-state index contributed by atoms with van der Waals surface area (Å²) < 4.78 is 0. The minimum atomic E-state index is -1.60. The fourth-order valence-corrected chi connectivity index (χ4v) is 2.78. The Morgan fingerprint density at radius 1 is 0.939 bits per heavy atom. The monoisotopic (exact) mass is 468 g/mol. The smallest absolute Gasteiger partial charge is 0.326 e. The van der Waals surface area contributed by atoms with Gasteiger partial charge in [-0.05, 0) is 31.0 Å². The van der Waals surface area contributed by atoms with Gasteiger partial charge in [0.1, 0.15) is 23.9 Å². The maximum absolute atomic E-state index is 12.8. The first-order valence-electron chi connectivity index (χ1n) is 9.95. The average Bonchev–Trinajstić information content (AvgIpc) is 2.74. The van der Waals surface area contributed by atoms with Crippen LogP contribution in [0.2, 0.25) is 0 Å². The fraction of sp³-hybridized carbons (Fsp3) is 0.450. The minimum absolute atomic E-state index is 0.00697. The van der Waals surface area contributed by atoms with E-state index >= 15 is 0 Å². The summed E-state index contributed by atoms with van der Waals surface area (Å²) in [5.74, 6) is -5.32. The predicted molar refractivity (Wildman–Crippen MR) is 113 cm³/mol. The number of nitrogens with one attached hydrogen (secondary N) is 3. The summed E-state index contributed by atoms with van der Waals surface area (Å²) in [6.07, 6.45) is -2.43. The van der Waals surface area contributed by atoms with Gasteiger partial charge in [-0.2, -0.15) is 0 Å². The van der Waals surface area contributed by atoms with Crippen LogP contribution in [0.4, 0.5) is 0 Å². The Labute approximate surface area is 189 Å². The molecule has 0 heterocycles. The molecule has 9 N–H and O–H groups in total. The lowest BCUT2D eigenvalue weighted by molar-refractivity contribution is -0.144. The van der Waals surface area contributed by atoms with Crippen LogP contribution >= 0.6 is 0 Å². The third kappa shape index (κ3) is 9.53. The SMILES string of the molecule is CC(O)C(NC(=O)C(Cc1ccc(O)cc1)NC(=O)CN)C(=O)NC(CCC(=O)O)C(=O)O. The van der Waals surface area contributed by atoms with Crippen LogP contribution in [0.15, 0.2) is 24.3 Å². The quantitative estimate of drug-likeness (QED) is 0.154. The van der Waals surface area contributed by atoms with Crippen molar-refractivity contribution in [2.24, 2.45) is 5.73 Å². The van der Waals surface area contributed by atoms with Gasteiger partial charge in [0, 0.05) is 12.8 Å². The Morgan fingerprint density at radius 3 is 2.03 bits per heavy atom. The Kier molecular flexibility index (Phi) is 10.7. The van der Waals surface area contributed by atoms with Crippen molar-refractivity contribution in [2.75, 3.05) is 6.54 Å². The number of carboxylic acid groups (broad SMARTS) is 2. The molecule has 0 aromatic heterocycles. The molecule has 33 heavy (non-hydrogen) atoms. The molecule has 0 bridgehead atoms. The third-order valence-corrected chi connectivity index (χ3v) is 4.54. The molecule has 3 amide bonds. The van der Waals surface area contributed by atoms with Gasteiger partial charge in [0.25, 0.3) is 0 Å². The largest absolute Gasteiger partial charge is 0.508 e. The number of rotatable bonds is 13. The highest BCUT2D eigenvalue weighted by atomic mass is 16.4. The molecule has 4 unspecified atom stereocenters. The van der Waals surface area contributed by atoms with Gasteiger partial charge in [0.05, 0.1) is 12.6 Å². The number of phenolic OH excluding ortho intramolecular Hbond substituents is 1. The number of hydrogen-bond acceptors (Lipinski definition) is 8. The van der Waals surface area contributed by atoms with E-state index in [-0.39, 0.29) is 12.2 Å². The van der Waals surface area contributed by atoms with Gasteiger partial charge in [-0.25, -0.2) is 4.79 Å². The van der Waals surface area contributed by atoms with Crippen LogP contribution in [-0.2, 0) is 30.4 Å². The Hall–Kier alpha value is -3.71. The molecule has 0 aliphatic rings. The Balaban J connectivity index is 2.99. The van der Waals surface area contributed by atoms with E-state index in [1.54, 1.807) is 0 Å². The highest BCUT2D eigenvalue weighted by Gasteiger charge is 2.32. The summed E-state index contributed by atoms with van der Waals surface area (Å²) in [5, 5.41) is 44.1. The van der Waals surface area contributed by atoms with Gasteiger partial charge >= 0.3 is 11.9 Å². The molecule has 0 saturated heterocycles. The molecule has 0 fully saturated rings. The Bertz CT molecular complexity index is 858. The second-order valence-corrected chi connectivity index (χ2v) is 7.25. The summed E-state index contributed by atoms with van der Waals surface area (Å²) in [6.45, 7) is 0.772. The van der Waals surface area contributed by atoms with Gasteiger partial charge in [-0.1, -0.05) is 12.1 Å². The van der Waals surface area contributed by atoms with Crippen molar-refractivity contribution in [3.63, 3.8) is 0 Å².